The number of carbonyl (C=O) groups is 2. The number of benzene rings is 1. The van der Waals surface area contributed by atoms with Crippen LogP contribution in [-0.4, -0.2) is 53.7 Å². The van der Waals surface area contributed by atoms with Crippen LogP contribution in [0.15, 0.2) is 53.1 Å². The van der Waals surface area contributed by atoms with Gasteiger partial charge in [0.15, 0.2) is 12.4 Å². The first-order valence-electron chi connectivity index (χ1n) is 9.55. The van der Waals surface area contributed by atoms with Crippen molar-refractivity contribution in [1.82, 2.24) is 9.88 Å². The Kier molecular flexibility index (Phi) is 5.31. The minimum absolute atomic E-state index is 0.0432. The maximum atomic E-state index is 12.8. The topological polar surface area (TPSA) is 81.9 Å². The van der Waals surface area contributed by atoms with Crippen LogP contribution in [0, 0.1) is 0 Å². The molecule has 0 spiro atoms. The van der Waals surface area contributed by atoms with Crippen molar-refractivity contribution in [1.29, 1.82) is 0 Å². The van der Waals surface area contributed by atoms with E-state index in [1.807, 2.05) is 32.0 Å². The van der Waals surface area contributed by atoms with Crippen LogP contribution in [0.3, 0.4) is 0 Å². The van der Waals surface area contributed by atoms with Crippen LogP contribution in [0.2, 0.25) is 0 Å². The number of pyridine rings is 1. The fraction of sp³-hybridized carbons (Fsp3) is 0.318. The smallest absolute Gasteiger partial charge is 0.339 e. The highest BCUT2D eigenvalue weighted by Crippen LogP contribution is 2.25. The number of hydrogen-bond donors (Lipinski definition) is 0. The summed E-state index contributed by atoms with van der Waals surface area (Å²) in [6.45, 7) is 4.50. The Bertz CT molecular complexity index is 1020. The Morgan fingerprint density at radius 3 is 2.62 bits per heavy atom. The van der Waals surface area contributed by atoms with E-state index in [2.05, 4.69) is 4.98 Å². The van der Waals surface area contributed by atoms with Crippen LogP contribution >= 0.6 is 0 Å². The number of fused-ring (bicyclic) bond motifs is 1. The zero-order valence-electron chi connectivity index (χ0n) is 16.3. The van der Waals surface area contributed by atoms with E-state index in [0.29, 0.717) is 41.0 Å². The number of carbonyl (C=O) groups excluding carboxylic acids is 2. The number of ether oxygens (including phenoxy) is 2. The van der Waals surface area contributed by atoms with Gasteiger partial charge in [-0.15, -0.1) is 0 Å². The van der Waals surface area contributed by atoms with Gasteiger partial charge >= 0.3 is 5.97 Å². The number of esters is 1. The Labute approximate surface area is 168 Å². The maximum Gasteiger partial charge on any atom is 0.339 e. The monoisotopic (exact) mass is 394 g/mol. The van der Waals surface area contributed by atoms with Crippen LogP contribution in [0.25, 0.3) is 22.4 Å². The van der Waals surface area contributed by atoms with Crippen molar-refractivity contribution in [2.45, 2.75) is 26.1 Å². The zero-order valence-corrected chi connectivity index (χ0v) is 16.3. The largest absolute Gasteiger partial charge is 0.463 e. The molecule has 0 radical (unpaired) electrons. The van der Waals surface area contributed by atoms with Crippen LogP contribution < -0.4 is 0 Å². The summed E-state index contributed by atoms with van der Waals surface area (Å²) in [4.78, 5) is 31.6. The predicted octanol–water partition coefficient (Wildman–Crippen LogP) is 3.29. The lowest BCUT2D eigenvalue weighted by Crippen LogP contribution is -2.49. The summed E-state index contributed by atoms with van der Waals surface area (Å²) >= 11 is 0. The van der Waals surface area contributed by atoms with Gasteiger partial charge in [-0.2, -0.15) is 0 Å². The van der Waals surface area contributed by atoms with E-state index in [-0.39, 0.29) is 24.7 Å². The average Bonchev–Trinajstić information content (AvgIpc) is 3.25. The highest BCUT2D eigenvalue weighted by Gasteiger charge is 2.27. The van der Waals surface area contributed by atoms with Crippen LogP contribution in [-0.2, 0) is 14.3 Å². The summed E-state index contributed by atoms with van der Waals surface area (Å²) < 4.78 is 16.4. The summed E-state index contributed by atoms with van der Waals surface area (Å²) in [7, 11) is 0. The van der Waals surface area contributed by atoms with Gasteiger partial charge in [-0.1, -0.05) is 18.2 Å². The van der Waals surface area contributed by atoms with Gasteiger partial charge in [0.05, 0.1) is 29.6 Å². The van der Waals surface area contributed by atoms with Gasteiger partial charge in [0.2, 0.25) is 0 Å². The molecule has 3 heterocycles. The van der Waals surface area contributed by atoms with Crippen molar-refractivity contribution < 1.29 is 23.5 Å². The SMILES string of the molecule is C[C@@H]1CN(C(=O)COC(=O)c2cc(-c3ccco3)nc3ccccc23)C[C@@H](C)O1. The molecule has 1 aromatic carbocycles. The van der Waals surface area contributed by atoms with Crippen molar-refractivity contribution in [3.63, 3.8) is 0 Å². The average molecular weight is 394 g/mol. The van der Waals surface area contributed by atoms with Gasteiger partial charge in [0, 0.05) is 18.5 Å². The first-order valence-corrected chi connectivity index (χ1v) is 9.55. The van der Waals surface area contributed by atoms with E-state index in [1.54, 1.807) is 35.4 Å². The molecule has 4 rings (SSSR count). The maximum absolute atomic E-state index is 12.8. The molecule has 0 unspecified atom stereocenters. The standard InChI is InChI=1S/C22H22N2O5/c1-14-11-24(12-15(2)29-14)21(25)13-28-22(26)17-10-19(20-8-5-9-27-20)23-18-7-4-3-6-16(17)18/h3-10,14-15H,11-13H2,1-2H3/t14-,15-/m1/s1. The normalized spacial score (nSPS) is 19.3. The molecule has 1 fully saturated rings. The molecule has 2 aromatic heterocycles. The minimum Gasteiger partial charge on any atom is -0.463 e. The van der Waals surface area contributed by atoms with Crippen molar-refractivity contribution >= 4 is 22.8 Å². The van der Waals surface area contributed by atoms with Crippen molar-refractivity contribution in [2.24, 2.45) is 0 Å². The molecule has 0 saturated carbocycles. The molecule has 7 heteroatoms. The lowest BCUT2D eigenvalue weighted by Gasteiger charge is -2.35. The predicted molar refractivity (Wildman–Crippen MR) is 106 cm³/mol. The van der Waals surface area contributed by atoms with Crippen molar-refractivity contribution in [3.8, 4) is 11.5 Å². The molecule has 0 aliphatic carbocycles. The third kappa shape index (κ3) is 4.14. The Hall–Kier alpha value is -3.19. The minimum atomic E-state index is -0.570. The fourth-order valence-corrected chi connectivity index (χ4v) is 3.57. The number of hydrogen-bond acceptors (Lipinski definition) is 6. The van der Waals surface area contributed by atoms with E-state index in [9.17, 15) is 9.59 Å². The molecule has 7 nitrogen and oxygen atoms in total. The second-order valence-corrected chi connectivity index (χ2v) is 7.18. The zero-order chi connectivity index (χ0) is 20.4. The van der Waals surface area contributed by atoms with E-state index < -0.39 is 5.97 Å². The molecular weight excluding hydrogens is 372 g/mol. The summed E-state index contributed by atoms with van der Waals surface area (Å²) in [5.74, 6) is -0.249. The molecule has 2 atom stereocenters. The Balaban J connectivity index is 1.54. The Morgan fingerprint density at radius 2 is 1.90 bits per heavy atom. The van der Waals surface area contributed by atoms with E-state index in [0.717, 1.165) is 0 Å². The third-order valence-electron chi connectivity index (χ3n) is 4.81. The molecule has 150 valence electrons. The Morgan fingerprint density at radius 1 is 1.14 bits per heavy atom. The first kappa shape index (κ1) is 19.1. The summed E-state index contributed by atoms with van der Waals surface area (Å²) in [5, 5.41) is 0.661. The number of aromatic nitrogens is 1. The van der Waals surface area contributed by atoms with Crippen LogP contribution in [0.4, 0.5) is 0 Å². The lowest BCUT2D eigenvalue weighted by atomic mass is 10.1. The van der Waals surface area contributed by atoms with Gasteiger partial charge in [0.25, 0.3) is 5.91 Å². The molecule has 0 N–H and O–H groups in total. The van der Waals surface area contributed by atoms with Gasteiger partial charge < -0.3 is 18.8 Å². The highest BCUT2D eigenvalue weighted by atomic mass is 16.5. The quantitative estimate of drug-likeness (QED) is 0.632. The fourth-order valence-electron chi connectivity index (χ4n) is 3.57. The number of nitrogens with zero attached hydrogens (tertiary/aromatic N) is 2. The molecule has 0 bridgehead atoms. The summed E-state index contributed by atoms with van der Waals surface area (Å²) in [6.07, 6.45) is 1.46. The number of rotatable bonds is 4. The van der Waals surface area contributed by atoms with Crippen molar-refractivity contribution in [3.05, 3.63) is 54.3 Å². The molecule has 1 aliphatic heterocycles. The van der Waals surface area contributed by atoms with Crippen LogP contribution in [0.5, 0.6) is 0 Å². The molecular formula is C22H22N2O5. The first-order chi connectivity index (χ1) is 14.0. The lowest BCUT2D eigenvalue weighted by molar-refractivity contribution is -0.146. The molecule has 1 aliphatic rings. The molecule has 1 saturated heterocycles. The van der Waals surface area contributed by atoms with E-state index >= 15 is 0 Å². The van der Waals surface area contributed by atoms with E-state index in [4.69, 9.17) is 13.9 Å². The van der Waals surface area contributed by atoms with E-state index in [1.165, 1.54) is 0 Å². The second-order valence-electron chi connectivity index (χ2n) is 7.18. The number of furan rings is 1. The van der Waals surface area contributed by atoms with Gasteiger partial charge in [0.1, 0.15) is 5.69 Å². The van der Waals surface area contributed by atoms with Gasteiger partial charge in [-0.05, 0) is 38.1 Å². The van der Waals surface area contributed by atoms with Gasteiger partial charge in [-0.25, -0.2) is 9.78 Å². The highest BCUT2D eigenvalue weighted by molar-refractivity contribution is 6.05. The molecule has 3 aromatic rings. The number of para-hydroxylation sites is 1. The second kappa shape index (κ2) is 8.05. The summed E-state index contributed by atoms with van der Waals surface area (Å²) in [6, 6.07) is 12.5. The molecule has 1 amide bonds. The van der Waals surface area contributed by atoms with Crippen molar-refractivity contribution in [2.75, 3.05) is 19.7 Å². The van der Waals surface area contributed by atoms with Gasteiger partial charge in [-0.3, -0.25) is 4.79 Å². The summed E-state index contributed by atoms with van der Waals surface area (Å²) in [5.41, 5.74) is 1.52. The number of morpholine rings is 1. The van der Waals surface area contributed by atoms with Crippen LogP contribution in [0.1, 0.15) is 24.2 Å². The number of amides is 1. The molecule has 29 heavy (non-hydrogen) atoms. The third-order valence-corrected chi connectivity index (χ3v) is 4.81.